The van der Waals surface area contributed by atoms with E-state index in [-0.39, 0.29) is 19.0 Å². The molecule has 7 heteroatoms. The first kappa shape index (κ1) is 19.6. The average molecular weight is 391 g/mol. The minimum atomic E-state index is -3.56. The van der Waals surface area contributed by atoms with E-state index >= 15 is 0 Å². The van der Waals surface area contributed by atoms with Crippen LogP contribution in [0.3, 0.4) is 0 Å². The first-order valence-corrected chi connectivity index (χ1v) is 10.5. The predicted molar refractivity (Wildman–Crippen MR) is 103 cm³/mol. The molecule has 1 aromatic heterocycles. The van der Waals surface area contributed by atoms with Crippen LogP contribution in [0.2, 0.25) is 0 Å². The fourth-order valence-electron chi connectivity index (χ4n) is 3.63. The van der Waals surface area contributed by atoms with Crippen molar-refractivity contribution in [1.82, 2.24) is 9.21 Å². The van der Waals surface area contributed by atoms with Gasteiger partial charge in [0.25, 0.3) is 5.91 Å². The number of furan rings is 1. The Morgan fingerprint density at radius 2 is 1.59 bits per heavy atom. The van der Waals surface area contributed by atoms with Crippen molar-refractivity contribution in [3.8, 4) is 0 Å². The van der Waals surface area contributed by atoms with Gasteiger partial charge in [-0.05, 0) is 46.2 Å². The highest BCUT2D eigenvalue weighted by Crippen LogP contribution is 2.25. The molecule has 0 radical (unpaired) electrons. The molecule has 2 aromatic rings. The van der Waals surface area contributed by atoms with Crippen molar-refractivity contribution < 1.29 is 17.6 Å². The summed E-state index contributed by atoms with van der Waals surface area (Å²) in [4.78, 5) is 14.9. The number of hydrogen-bond acceptors (Lipinski definition) is 4. The topological polar surface area (TPSA) is 70.8 Å². The lowest BCUT2D eigenvalue weighted by atomic mass is 10.1. The molecule has 1 aromatic carbocycles. The van der Waals surface area contributed by atoms with Gasteiger partial charge in [-0.15, -0.1) is 0 Å². The first-order valence-electron chi connectivity index (χ1n) is 9.06. The van der Waals surface area contributed by atoms with E-state index in [2.05, 4.69) is 0 Å². The standard InChI is InChI=1S/C20H26N2O4S/c1-13-6-7-18(14(2)12-13)27(24,25)22-10-8-21(9-11-22)20(23)19-15(3)16(4)26-17(19)5/h6-7,12H,8-11H2,1-5H3. The molecule has 1 saturated heterocycles. The Bertz CT molecular complexity index is 984. The molecule has 0 bridgehead atoms. The number of carbonyl (C=O) groups is 1. The number of piperazine rings is 1. The number of amides is 1. The Hall–Kier alpha value is -2.12. The zero-order valence-corrected chi connectivity index (χ0v) is 17.3. The van der Waals surface area contributed by atoms with Crippen molar-refractivity contribution >= 4 is 15.9 Å². The van der Waals surface area contributed by atoms with Crippen LogP contribution in [0.15, 0.2) is 27.5 Å². The van der Waals surface area contributed by atoms with Crippen molar-refractivity contribution in [3.63, 3.8) is 0 Å². The average Bonchev–Trinajstić information content (AvgIpc) is 2.86. The number of carbonyl (C=O) groups excluding carboxylic acids is 1. The van der Waals surface area contributed by atoms with Crippen LogP contribution in [-0.2, 0) is 10.0 Å². The summed E-state index contributed by atoms with van der Waals surface area (Å²) < 4.78 is 33.0. The van der Waals surface area contributed by atoms with Crippen LogP contribution < -0.4 is 0 Å². The molecule has 2 heterocycles. The molecule has 0 aliphatic carbocycles. The molecule has 27 heavy (non-hydrogen) atoms. The van der Waals surface area contributed by atoms with E-state index in [4.69, 9.17) is 4.42 Å². The number of benzene rings is 1. The molecule has 146 valence electrons. The number of rotatable bonds is 3. The lowest BCUT2D eigenvalue weighted by molar-refractivity contribution is 0.0695. The summed E-state index contributed by atoms with van der Waals surface area (Å²) in [7, 11) is -3.56. The highest BCUT2D eigenvalue weighted by atomic mass is 32.2. The summed E-state index contributed by atoms with van der Waals surface area (Å²) in [6.07, 6.45) is 0. The van der Waals surface area contributed by atoms with Crippen LogP contribution >= 0.6 is 0 Å². The Kier molecular flexibility index (Phi) is 5.18. The van der Waals surface area contributed by atoms with Gasteiger partial charge >= 0.3 is 0 Å². The van der Waals surface area contributed by atoms with Gasteiger partial charge in [0.05, 0.1) is 10.5 Å². The Balaban J connectivity index is 1.76. The van der Waals surface area contributed by atoms with Crippen LogP contribution in [-0.4, -0.2) is 49.7 Å². The summed E-state index contributed by atoms with van der Waals surface area (Å²) >= 11 is 0. The zero-order valence-electron chi connectivity index (χ0n) is 16.5. The molecule has 0 spiro atoms. The molecule has 1 aliphatic heterocycles. The third-order valence-electron chi connectivity index (χ3n) is 5.25. The summed E-state index contributed by atoms with van der Waals surface area (Å²) in [6, 6.07) is 5.35. The first-order chi connectivity index (χ1) is 12.6. The summed E-state index contributed by atoms with van der Waals surface area (Å²) in [5.74, 6) is 1.26. The van der Waals surface area contributed by atoms with Crippen LogP contribution in [0, 0.1) is 34.6 Å². The maximum atomic E-state index is 13.0. The van der Waals surface area contributed by atoms with Crippen LogP contribution in [0.5, 0.6) is 0 Å². The molecule has 0 unspecified atom stereocenters. The summed E-state index contributed by atoms with van der Waals surface area (Å²) in [6.45, 7) is 10.6. The van der Waals surface area contributed by atoms with E-state index < -0.39 is 10.0 Å². The van der Waals surface area contributed by atoms with Gasteiger partial charge in [-0.2, -0.15) is 4.31 Å². The molecular weight excluding hydrogens is 364 g/mol. The van der Waals surface area contributed by atoms with E-state index in [1.807, 2.05) is 39.8 Å². The second-order valence-corrected chi connectivity index (χ2v) is 9.09. The maximum absolute atomic E-state index is 13.0. The third kappa shape index (κ3) is 3.53. The minimum absolute atomic E-state index is 0.0922. The highest BCUT2D eigenvalue weighted by Gasteiger charge is 2.32. The second-order valence-electron chi connectivity index (χ2n) is 7.18. The maximum Gasteiger partial charge on any atom is 0.257 e. The molecule has 0 atom stereocenters. The molecule has 6 nitrogen and oxygen atoms in total. The van der Waals surface area contributed by atoms with Crippen LogP contribution in [0.25, 0.3) is 0 Å². The van der Waals surface area contributed by atoms with Gasteiger partial charge in [-0.1, -0.05) is 17.7 Å². The van der Waals surface area contributed by atoms with Crippen molar-refractivity contribution in [2.24, 2.45) is 0 Å². The predicted octanol–water partition coefficient (Wildman–Crippen LogP) is 2.97. The molecular formula is C20H26N2O4S. The van der Waals surface area contributed by atoms with E-state index in [1.54, 1.807) is 17.9 Å². The van der Waals surface area contributed by atoms with Crippen LogP contribution in [0.4, 0.5) is 0 Å². The van der Waals surface area contributed by atoms with Crippen molar-refractivity contribution in [1.29, 1.82) is 0 Å². The van der Waals surface area contributed by atoms with Crippen molar-refractivity contribution in [3.05, 3.63) is 52.0 Å². The largest absolute Gasteiger partial charge is 0.466 e. The Labute approximate surface area is 160 Å². The third-order valence-corrected chi connectivity index (χ3v) is 7.31. The van der Waals surface area contributed by atoms with Gasteiger partial charge in [0.1, 0.15) is 11.5 Å². The molecule has 1 amide bonds. The molecule has 3 rings (SSSR count). The second kappa shape index (κ2) is 7.13. The van der Waals surface area contributed by atoms with E-state index in [1.165, 1.54) is 4.31 Å². The lowest BCUT2D eigenvalue weighted by Crippen LogP contribution is -2.50. The van der Waals surface area contributed by atoms with Gasteiger partial charge in [0.2, 0.25) is 10.0 Å². The zero-order chi connectivity index (χ0) is 19.9. The van der Waals surface area contributed by atoms with Gasteiger partial charge in [-0.3, -0.25) is 4.79 Å². The number of hydrogen-bond donors (Lipinski definition) is 0. The molecule has 1 fully saturated rings. The Morgan fingerprint density at radius 3 is 2.11 bits per heavy atom. The fourth-order valence-corrected chi connectivity index (χ4v) is 5.25. The molecule has 0 N–H and O–H groups in total. The Morgan fingerprint density at radius 1 is 0.963 bits per heavy atom. The summed E-state index contributed by atoms with van der Waals surface area (Å²) in [5.41, 5.74) is 3.22. The molecule has 1 aliphatic rings. The van der Waals surface area contributed by atoms with Gasteiger partial charge in [-0.25, -0.2) is 8.42 Å². The van der Waals surface area contributed by atoms with Crippen molar-refractivity contribution in [2.45, 2.75) is 39.5 Å². The van der Waals surface area contributed by atoms with Gasteiger partial charge in [0, 0.05) is 31.7 Å². The molecule has 0 saturated carbocycles. The van der Waals surface area contributed by atoms with E-state index in [9.17, 15) is 13.2 Å². The monoisotopic (exact) mass is 390 g/mol. The quantitative estimate of drug-likeness (QED) is 0.808. The van der Waals surface area contributed by atoms with Gasteiger partial charge in [0.15, 0.2) is 0 Å². The number of sulfonamides is 1. The SMILES string of the molecule is Cc1ccc(S(=O)(=O)N2CCN(C(=O)c3c(C)oc(C)c3C)CC2)c(C)c1. The van der Waals surface area contributed by atoms with E-state index in [0.29, 0.717) is 29.3 Å². The fraction of sp³-hybridized carbons (Fsp3) is 0.450. The smallest absolute Gasteiger partial charge is 0.257 e. The normalized spacial score (nSPS) is 16.0. The lowest BCUT2D eigenvalue weighted by Gasteiger charge is -2.34. The van der Waals surface area contributed by atoms with Crippen LogP contribution in [0.1, 0.15) is 38.6 Å². The number of aryl methyl sites for hydroxylation is 4. The van der Waals surface area contributed by atoms with Gasteiger partial charge < -0.3 is 9.32 Å². The minimum Gasteiger partial charge on any atom is -0.466 e. The highest BCUT2D eigenvalue weighted by molar-refractivity contribution is 7.89. The van der Waals surface area contributed by atoms with E-state index in [0.717, 1.165) is 22.5 Å². The number of nitrogens with zero attached hydrogens (tertiary/aromatic N) is 2. The van der Waals surface area contributed by atoms with Crippen molar-refractivity contribution in [2.75, 3.05) is 26.2 Å². The summed E-state index contributed by atoms with van der Waals surface area (Å²) in [5, 5.41) is 0.